The molecule has 1 aliphatic heterocycles. The smallest absolute Gasteiger partial charge is 0.124 e. The summed E-state index contributed by atoms with van der Waals surface area (Å²) in [5.74, 6) is 0. The Hall–Kier alpha value is -0.660. The molecule has 7 heteroatoms. The molecule has 0 bridgehead atoms. The van der Waals surface area contributed by atoms with Crippen molar-refractivity contribution in [1.29, 1.82) is 0 Å². The van der Waals surface area contributed by atoms with Crippen LogP contribution < -0.4 is 0 Å². The van der Waals surface area contributed by atoms with Crippen LogP contribution in [-0.2, 0) is 11.3 Å². The predicted octanol–water partition coefficient (Wildman–Crippen LogP) is 0.852. The van der Waals surface area contributed by atoms with Crippen LogP contribution in [0.25, 0.3) is 0 Å². The molecule has 0 amide bonds. The highest BCUT2D eigenvalue weighted by molar-refractivity contribution is 6.31. The van der Waals surface area contributed by atoms with Gasteiger partial charge < -0.3 is 14.7 Å². The van der Waals surface area contributed by atoms with Gasteiger partial charge in [0.15, 0.2) is 0 Å². The number of hydrogen-bond acceptors (Lipinski definition) is 5. The fourth-order valence-electron chi connectivity index (χ4n) is 2.52. The number of aromatic nitrogens is 2. The van der Waals surface area contributed by atoms with Crippen molar-refractivity contribution in [3.63, 3.8) is 0 Å². The molecule has 2 heterocycles. The summed E-state index contributed by atoms with van der Waals surface area (Å²) >= 11 is 6.22. The topological polar surface area (TPSA) is 53.8 Å². The molecule has 2 atom stereocenters. The van der Waals surface area contributed by atoms with Crippen LogP contribution in [0.3, 0.4) is 0 Å². The van der Waals surface area contributed by atoms with Gasteiger partial charge in [-0.15, -0.1) is 0 Å². The van der Waals surface area contributed by atoms with Gasteiger partial charge in [-0.3, -0.25) is 9.58 Å². The lowest BCUT2D eigenvalue weighted by molar-refractivity contribution is -0.0912. The van der Waals surface area contributed by atoms with Crippen LogP contribution in [0.4, 0.5) is 0 Å². The fraction of sp³-hybridized carbons (Fsp3) is 0.786. The van der Waals surface area contributed by atoms with Crippen LogP contribution in [-0.4, -0.2) is 77.7 Å². The van der Waals surface area contributed by atoms with Crippen molar-refractivity contribution in [2.24, 2.45) is 0 Å². The van der Waals surface area contributed by atoms with Crippen LogP contribution in [0, 0.1) is 0 Å². The Balaban J connectivity index is 2.10. The third-order valence-electron chi connectivity index (χ3n) is 3.85. The normalized spacial score (nSPS) is 21.9. The summed E-state index contributed by atoms with van der Waals surface area (Å²) in [7, 11) is 4.01. The minimum absolute atomic E-state index is 0.258. The lowest BCUT2D eigenvalue weighted by Crippen LogP contribution is -2.45. The first-order valence-corrected chi connectivity index (χ1v) is 7.78. The molecular weight excluding hydrogens is 292 g/mol. The van der Waals surface area contributed by atoms with Crippen molar-refractivity contribution < 1.29 is 9.84 Å². The number of hydrogen-bond donors (Lipinski definition) is 1. The Bertz CT molecular complexity index is 452. The molecule has 6 nitrogen and oxygen atoms in total. The van der Waals surface area contributed by atoms with E-state index in [1.165, 1.54) is 0 Å². The fourth-order valence-corrected chi connectivity index (χ4v) is 2.78. The number of halogens is 1. The number of likely N-dealkylation sites (N-methyl/N-ethyl adjacent to an activating group) is 2. The third-order valence-corrected chi connectivity index (χ3v) is 4.14. The van der Waals surface area contributed by atoms with Gasteiger partial charge in [-0.25, -0.2) is 0 Å². The van der Waals surface area contributed by atoms with Crippen LogP contribution in [0.15, 0.2) is 6.20 Å². The molecule has 120 valence electrons. The molecule has 0 saturated carbocycles. The molecule has 0 aromatic carbocycles. The number of ether oxygens (including phenoxy) is 1. The second-order valence-electron chi connectivity index (χ2n) is 5.65. The maximum atomic E-state index is 10.7. The molecule has 1 saturated heterocycles. The number of nitrogens with zero attached hydrogens (tertiary/aromatic N) is 4. The Kier molecular flexibility index (Phi) is 6.01. The number of aliphatic hydroxyl groups excluding tert-OH is 1. The number of aliphatic hydroxyl groups is 1. The molecule has 0 aliphatic carbocycles. The zero-order chi connectivity index (χ0) is 15.4. The van der Waals surface area contributed by atoms with Gasteiger partial charge in [0.05, 0.1) is 30.1 Å². The van der Waals surface area contributed by atoms with Crippen LogP contribution >= 0.6 is 11.6 Å². The highest BCUT2D eigenvalue weighted by Crippen LogP contribution is 2.28. The molecule has 21 heavy (non-hydrogen) atoms. The van der Waals surface area contributed by atoms with E-state index in [1.54, 1.807) is 10.9 Å². The second kappa shape index (κ2) is 7.56. The van der Waals surface area contributed by atoms with Crippen molar-refractivity contribution in [2.45, 2.75) is 25.7 Å². The maximum Gasteiger partial charge on any atom is 0.124 e. The first kappa shape index (κ1) is 16.7. The summed E-state index contributed by atoms with van der Waals surface area (Å²) in [5, 5.41) is 15.4. The quantitative estimate of drug-likeness (QED) is 0.843. The van der Waals surface area contributed by atoms with E-state index in [1.807, 2.05) is 14.1 Å². The Morgan fingerprint density at radius 2 is 2.33 bits per heavy atom. The van der Waals surface area contributed by atoms with Crippen molar-refractivity contribution in [3.05, 3.63) is 16.9 Å². The van der Waals surface area contributed by atoms with Crippen LogP contribution in [0.1, 0.15) is 18.7 Å². The second-order valence-corrected chi connectivity index (χ2v) is 6.06. The largest absolute Gasteiger partial charge is 0.384 e. The monoisotopic (exact) mass is 316 g/mol. The molecule has 1 N–H and O–H groups in total. The lowest BCUT2D eigenvalue weighted by Gasteiger charge is -2.34. The molecular formula is C14H25ClN4O2. The van der Waals surface area contributed by atoms with E-state index in [-0.39, 0.29) is 6.10 Å². The van der Waals surface area contributed by atoms with Gasteiger partial charge in [-0.05, 0) is 20.6 Å². The first-order valence-electron chi connectivity index (χ1n) is 7.40. The summed E-state index contributed by atoms with van der Waals surface area (Å²) in [6.45, 7) is 6.86. The van der Waals surface area contributed by atoms with Gasteiger partial charge in [0.1, 0.15) is 12.2 Å². The molecule has 1 aliphatic rings. The van der Waals surface area contributed by atoms with Gasteiger partial charge in [0.2, 0.25) is 0 Å². The molecule has 1 fully saturated rings. The molecule has 0 radical (unpaired) electrons. The van der Waals surface area contributed by atoms with E-state index in [0.717, 1.165) is 19.6 Å². The van der Waals surface area contributed by atoms with E-state index >= 15 is 0 Å². The SMILES string of the molecule is CCN1CCOC(C(O)c2c(Cl)cnn2CCN(C)C)C1. The van der Waals surface area contributed by atoms with Crippen LogP contribution in [0.5, 0.6) is 0 Å². The van der Waals surface area contributed by atoms with Crippen molar-refractivity contribution in [3.8, 4) is 0 Å². The molecule has 2 rings (SSSR count). The van der Waals surface area contributed by atoms with E-state index in [9.17, 15) is 5.11 Å². The minimum atomic E-state index is -0.753. The molecule has 2 unspecified atom stereocenters. The average Bonchev–Trinajstić information content (AvgIpc) is 2.85. The highest BCUT2D eigenvalue weighted by Gasteiger charge is 2.31. The Morgan fingerprint density at radius 3 is 3.00 bits per heavy atom. The van der Waals surface area contributed by atoms with Crippen molar-refractivity contribution in [2.75, 3.05) is 46.9 Å². The molecule has 0 spiro atoms. The van der Waals surface area contributed by atoms with E-state index in [0.29, 0.717) is 30.4 Å². The van der Waals surface area contributed by atoms with Gasteiger partial charge in [-0.1, -0.05) is 18.5 Å². The van der Waals surface area contributed by atoms with Crippen LogP contribution in [0.2, 0.25) is 5.02 Å². The minimum Gasteiger partial charge on any atom is -0.384 e. The van der Waals surface area contributed by atoms with Crippen molar-refractivity contribution in [1.82, 2.24) is 19.6 Å². The van der Waals surface area contributed by atoms with Gasteiger partial charge in [0.25, 0.3) is 0 Å². The van der Waals surface area contributed by atoms with E-state index < -0.39 is 6.10 Å². The predicted molar refractivity (Wildman–Crippen MR) is 82.6 cm³/mol. The lowest BCUT2D eigenvalue weighted by atomic mass is 10.1. The van der Waals surface area contributed by atoms with Gasteiger partial charge in [0, 0.05) is 19.6 Å². The first-order chi connectivity index (χ1) is 10.0. The third kappa shape index (κ3) is 4.17. The zero-order valence-corrected chi connectivity index (χ0v) is 13.8. The Labute approximate surface area is 131 Å². The number of morpholine rings is 1. The van der Waals surface area contributed by atoms with Gasteiger partial charge >= 0.3 is 0 Å². The molecule has 1 aromatic rings. The number of rotatable bonds is 6. The average molecular weight is 317 g/mol. The zero-order valence-electron chi connectivity index (χ0n) is 13.0. The molecule has 1 aromatic heterocycles. The highest BCUT2D eigenvalue weighted by atomic mass is 35.5. The summed E-state index contributed by atoms with van der Waals surface area (Å²) in [6.07, 6.45) is 0.582. The summed E-state index contributed by atoms with van der Waals surface area (Å²) in [6, 6.07) is 0. The summed E-state index contributed by atoms with van der Waals surface area (Å²) in [5.41, 5.74) is 0.654. The Morgan fingerprint density at radius 1 is 1.57 bits per heavy atom. The van der Waals surface area contributed by atoms with Crippen molar-refractivity contribution >= 4 is 11.6 Å². The van der Waals surface area contributed by atoms with Gasteiger partial charge in [-0.2, -0.15) is 5.10 Å². The van der Waals surface area contributed by atoms with E-state index in [4.69, 9.17) is 16.3 Å². The summed E-state index contributed by atoms with van der Waals surface area (Å²) in [4.78, 5) is 4.34. The summed E-state index contributed by atoms with van der Waals surface area (Å²) < 4.78 is 7.51. The maximum absolute atomic E-state index is 10.7. The van der Waals surface area contributed by atoms with E-state index in [2.05, 4.69) is 21.8 Å². The standard InChI is InChI=1S/C14H25ClN4O2/c1-4-18-7-8-21-12(10-18)14(20)13-11(15)9-16-19(13)6-5-17(2)3/h9,12,14,20H,4-8,10H2,1-3H3.